The minimum absolute atomic E-state index is 0.0145. The Morgan fingerprint density at radius 1 is 1.16 bits per heavy atom. The number of piperidine rings is 1. The lowest BCUT2D eigenvalue weighted by Gasteiger charge is -2.31. The van der Waals surface area contributed by atoms with Crippen molar-refractivity contribution < 1.29 is 18.8 Å². The van der Waals surface area contributed by atoms with Gasteiger partial charge in [0.15, 0.2) is 0 Å². The zero-order valence-electron chi connectivity index (χ0n) is 16.9. The molecule has 1 aliphatic heterocycles. The average Bonchev–Trinajstić information content (AvgIpc) is 2.78. The van der Waals surface area contributed by atoms with Gasteiger partial charge in [0.2, 0.25) is 11.8 Å². The van der Waals surface area contributed by atoms with E-state index in [9.17, 15) is 18.8 Å². The zero-order valence-corrected chi connectivity index (χ0v) is 17.7. The van der Waals surface area contributed by atoms with Gasteiger partial charge in [-0.2, -0.15) is 0 Å². The first-order valence-corrected chi connectivity index (χ1v) is 10.5. The summed E-state index contributed by atoms with van der Waals surface area (Å²) in [5.41, 5.74) is 1.10. The molecule has 0 atom stereocenters. The number of pyridine rings is 1. The maximum Gasteiger partial charge on any atom is 0.252 e. The topological polar surface area (TPSA) is 91.4 Å². The molecular formula is C22H24ClFN4O3. The quantitative estimate of drug-likeness (QED) is 0.683. The second-order valence-corrected chi connectivity index (χ2v) is 7.77. The molecule has 1 aromatic carbocycles. The Morgan fingerprint density at radius 3 is 2.61 bits per heavy atom. The molecule has 0 bridgehead atoms. The van der Waals surface area contributed by atoms with Gasteiger partial charge in [-0.15, -0.1) is 0 Å². The summed E-state index contributed by atoms with van der Waals surface area (Å²) in [5, 5.41) is 5.57. The number of carbonyl (C=O) groups excluding carboxylic acids is 3. The second kappa shape index (κ2) is 10.9. The summed E-state index contributed by atoms with van der Waals surface area (Å²) in [4.78, 5) is 42.6. The lowest BCUT2D eigenvalue weighted by molar-refractivity contribution is -0.135. The van der Waals surface area contributed by atoms with E-state index < -0.39 is 11.7 Å². The number of nitrogens with one attached hydrogen (secondary N) is 2. The fourth-order valence-corrected chi connectivity index (χ4v) is 3.69. The Morgan fingerprint density at radius 2 is 1.94 bits per heavy atom. The largest absolute Gasteiger partial charge is 0.352 e. The van der Waals surface area contributed by atoms with Crippen LogP contribution in [0, 0.1) is 11.7 Å². The van der Waals surface area contributed by atoms with E-state index >= 15 is 0 Å². The maximum atomic E-state index is 13.1. The first-order valence-electron chi connectivity index (χ1n) is 10.1. The highest BCUT2D eigenvalue weighted by atomic mass is 35.5. The lowest BCUT2D eigenvalue weighted by atomic mass is 9.95. The van der Waals surface area contributed by atoms with Crippen LogP contribution >= 0.6 is 11.6 Å². The van der Waals surface area contributed by atoms with Crippen LogP contribution in [-0.4, -0.2) is 47.2 Å². The average molecular weight is 447 g/mol. The van der Waals surface area contributed by atoms with Crippen LogP contribution in [0.2, 0.25) is 5.02 Å². The minimum Gasteiger partial charge on any atom is -0.352 e. The number of rotatable bonds is 7. The molecule has 0 spiro atoms. The third-order valence-corrected chi connectivity index (χ3v) is 5.52. The Hall–Kier alpha value is -3.00. The van der Waals surface area contributed by atoms with Crippen LogP contribution in [0.25, 0.3) is 0 Å². The highest BCUT2D eigenvalue weighted by Crippen LogP contribution is 2.19. The van der Waals surface area contributed by atoms with Crippen LogP contribution in [-0.2, 0) is 16.1 Å². The fraction of sp³-hybridized carbons (Fsp3) is 0.364. The predicted octanol–water partition coefficient (Wildman–Crippen LogP) is 2.55. The molecule has 2 N–H and O–H groups in total. The van der Waals surface area contributed by atoms with Gasteiger partial charge in [-0.3, -0.25) is 19.4 Å². The fourth-order valence-electron chi connectivity index (χ4n) is 3.44. The number of nitrogens with zero attached hydrogens (tertiary/aromatic N) is 2. The molecule has 3 rings (SSSR count). The van der Waals surface area contributed by atoms with E-state index in [1.54, 1.807) is 17.3 Å². The van der Waals surface area contributed by atoms with Gasteiger partial charge < -0.3 is 15.5 Å². The van der Waals surface area contributed by atoms with Gasteiger partial charge in [0.05, 0.1) is 10.6 Å². The number of hydrogen-bond donors (Lipinski definition) is 2. The van der Waals surface area contributed by atoms with Crippen LogP contribution in [0.3, 0.4) is 0 Å². The van der Waals surface area contributed by atoms with E-state index in [4.69, 9.17) is 11.6 Å². The number of aromatic nitrogens is 1. The molecular weight excluding hydrogens is 423 g/mol. The van der Waals surface area contributed by atoms with Crippen molar-refractivity contribution in [3.05, 3.63) is 64.7 Å². The molecule has 0 saturated carbocycles. The van der Waals surface area contributed by atoms with Crippen molar-refractivity contribution >= 4 is 29.3 Å². The van der Waals surface area contributed by atoms with Crippen LogP contribution in [0.5, 0.6) is 0 Å². The minimum atomic E-state index is -0.522. The van der Waals surface area contributed by atoms with Gasteiger partial charge in [-0.25, -0.2) is 4.39 Å². The van der Waals surface area contributed by atoms with Crippen molar-refractivity contribution in [1.29, 1.82) is 0 Å². The third kappa shape index (κ3) is 6.49. The van der Waals surface area contributed by atoms with Crippen LogP contribution in [0.15, 0.2) is 42.7 Å². The molecule has 0 aliphatic carbocycles. The molecule has 1 fully saturated rings. The second-order valence-electron chi connectivity index (χ2n) is 7.36. The predicted molar refractivity (Wildman–Crippen MR) is 114 cm³/mol. The highest BCUT2D eigenvalue weighted by molar-refractivity contribution is 6.33. The summed E-state index contributed by atoms with van der Waals surface area (Å²) in [5.74, 6) is -1.20. The van der Waals surface area contributed by atoms with Gasteiger partial charge in [0.25, 0.3) is 5.91 Å². The van der Waals surface area contributed by atoms with E-state index in [0.717, 1.165) is 17.7 Å². The standard InChI is InChI=1S/C22H24ClFN4O3/c23-19-12-17(24)3-4-18(19)22(31)26-9-5-20(29)28-10-6-16(7-11-28)21(30)27-14-15-2-1-8-25-13-15/h1-4,8,12-13,16H,5-7,9-11,14H2,(H,26,31)(H,27,30). The summed E-state index contributed by atoms with van der Waals surface area (Å²) in [6.45, 7) is 1.59. The third-order valence-electron chi connectivity index (χ3n) is 5.21. The molecule has 7 nitrogen and oxygen atoms in total. The number of amides is 3. The van der Waals surface area contributed by atoms with Gasteiger partial charge in [0, 0.05) is 50.9 Å². The molecule has 0 unspecified atom stereocenters. The maximum absolute atomic E-state index is 13.1. The van der Waals surface area contributed by atoms with Crippen LogP contribution < -0.4 is 10.6 Å². The Bertz CT molecular complexity index is 934. The van der Waals surface area contributed by atoms with E-state index in [1.807, 2.05) is 12.1 Å². The molecule has 2 heterocycles. The molecule has 31 heavy (non-hydrogen) atoms. The Balaban J connectivity index is 1.37. The molecule has 164 valence electrons. The molecule has 1 aliphatic rings. The summed E-state index contributed by atoms with van der Waals surface area (Å²) in [6, 6.07) is 7.25. The van der Waals surface area contributed by atoms with E-state index in [1.165, 1.54) is 6.07 Å². The van der Waals surface area contributed by atoms with E-state index in [0.29, 0.717) is 32.5 Å². The van der Waals surface area contributed by atoms with Crippen molar-refractivity contribution in [2.24, 2.45) is 5.92 Å². The first-order chi connectivity index (χ1) is 14.9. The number of carbonyl (C=O) groups is 3. The summed E-state index contributed by atoms with van der Waals surface area (Å²) < 4.78 is 13.1. The zero-order chi connectivity index (χ0) is 22.2. The first kappa shape index (κ1) is 22.7. The molecule has 2 aromatic rings. The van der Waals surface area contributed by atoms with Gasteiger partial charge in [-0.05, 0) is 42.7 Å². The molecule has 3 amide bonds. The van der Waals surface area contributed by atoms with Crippen molar-refractivity contribution in [1.82, 2.24) is 20.5 Å². The summed E-state index contributed by atoms with van der Waals surface area (Å²) >= 11 is 5.87. The summed E-state index contributed by atoms with van der Waals surface area (Å²) in [7, 11) is 0. The van der Waals surface area contributed by atoms with E-state index in [2.05, 4.69) is 15.6 Å². The van der Waals surface area contributed by atoms with Crippen LogP contribution in [0.1, 0.15) is 35.2 Å². The van der Waals surface area contributed by atoms with Crippen molar-refractivity contribution in [2.45, 2.75) is 25.8 Å². The normalized spacial score (nSPS) is 14.2. The molecule has 0 radical (unpaired) electrons. The van der Waals surface area contributed by atoms with Gasteiger partial charge in [0.1, 0.15) is 5.82 Å². The van der Waals surface area contributed by atoms with Crippen molar-refractivity contribution in [2.75, 3.05) is 19.6 Å². The van der Waals surface area contributed by atoms with Gasteiger partial charge in [-0.1, -0.05) is 17.7 Å². The lowest BCUT2D eigenvalue weighted by Crippen LogP contribution is -2.43. The van der Waals surface area contributed by atoms with Gasteiger partial charge >= 0.3 is 0 Å². The summed E-state index contributed by atoms with van der Waals surface area (Å²) in [6.07, 6.45) is 4.73. The SMILES string of the molecule is O=C(NCCC(=O)N1CCC(C(=O)NCc2cccnc2)CC1)c1ccc(F)cc1Cl. The number of benzene rings is 1. The molecule has 9 heteroatoms. The highest BCUT2D eigenvalue weighted by Gasteiger charge is 2.27. The number of hydrogen-bond acceptors (Lipinski definition) is 4. The van der Waals surface area contributed by atoms with Crippen molar-refractivity contribution in [3.8, 4) is 0 Å². The number of likely N-dealkylation sites (tertiary alicyclic amines) is 1. The number of halogens is 2. The Kier molecular flexibility index (Phi) is 7.94. The smallest absolute Gasteiger partial charge is 0.252 e. The van der Waals surface area contributed by atoms with Crippen molar-refractivity contribution in [3.63, 3.8) is 0 Å². The van der Waals surface area contributed by atoms with Crippen LogP contribution in [0.4, 0.5) is 4.39 Å². The molecule has 1 aromatic heterocycles. The monoisotopic (exact) mass is 446 g/mol. The molecule has 1 saturated heterocycles. The Labute approximate surface area is 185 Å². The van der Waals surface area contributed by atoms with E-state index in [-0.39, 0.29) is 41.3 Å².